The van der Waals surface area contributed by atoms with Gasteiger partial charge in [-0.3, -0.25) is 9.35 Å². The fourth-order valence-corrected chi connectivity index (χ4v) is 2.58. The van der Waals surface area contributed by atoms with Crippen LogP contribution in [0.2, 0.25) is 0 Å². The predicted octanol–water partition coefficient (Wildman–Crippen LogP) is 3.01. The Balaban J connectivity index is 2.13. The molecule has 0 aliphatic rings. The van der Waals surface area contributed by atoms with Crippen LogP contribution in [-0.4, -0.2) is 18.9 Å². The SMILES string of the molecule is Cc1cccc(NC(=O)/C(C#N)=C\Nc2ccc(S(=O)(=O)O)cc2)c1C. The van der Waals surface area contributed by atoms with Gasteiger partial charge >= 0.3 is 0 Å². The van der Waals surface area contributed by atoms with Crippen molar-refractivity contribution in [2.45, 2.75) is 18.7 Å². The largest absolute Gasteiger partial charge is 0.360 e. The van der Waals surface area contributed by atoms with Crippen molar-refractivity contribution in [2.24, 2.45) is 0 Å². The second kappa shape index (κ2) is 7.82. The number of aryl methyl sites for hydroxylation is 1. The number of anilines is 2. The third kappa shape index (κ3) is 4.69. The molecule has 2 aromatic carbocycles. The molecule has 0 fully saturated rings. The first-order chi connectivity index (χ1) is 12.2. The van der Waals surface area contributed by atoms with Crippen molar-refractivity contribution in [1.82, 2.24) is 0 Å². The Morgan fingerprint density at radius 3 is 2.38 bits per heavy atom. The molecule has 2 aromatic rings. The van der Waals surface area contributed by atoms with Crippen molar-refractivity contribution in [3.05, 3.63) is 65.4 Å². The van der Waals surface area contributed by atoms with Crippen LogP contribution in [0.4, 0.5) is 11.4 Å². The van der Waals surface area contributed by atoms with Gasteiger partial charge in [0, 0.05) is 17.6 Å². The van der Waals surface area contributed by atoms with Crippen molar-refractivity contribution in [1.29, 1.82) is 5.26 Å². The average molecular weight is 371 g/mol. The zero-order valence-electron chi connectivity index (χ0n) is 14.1. The fourth-order valence-electron chi connectivity index (χ4n) is 2.10. The van der Waals surface area contributed by atoms with Crippen LogP contribution in [0, 0.1) is 25.2 Å². The average Bonchev–Trinajstić information content (AvgIpc) is 2.59. The summed E-state index contributed by atoms with van der Waals surface area (Å²) in [5.41, 5.74) is 2.84. The molecule has 8 heteroatoms. The molecule has 0 atom stereocenters. The summed E-state index contributed by atoms with van der Waals surface area (Å²) in [5, 5.41) is 14.6. The minimum Gasteiger partial charge on any atom is -0.360 e. The number of rotatable bonds is 5. The van der Waals surface area contributed by atoms with Crippen LogP contribution in [0.1, 0.15) is 11.1 Å². The van der Waals surface area contributed by atoms with E-state index in [0.29, 0.717) is 11.4 Å². The molecular weight excluding hydrogens is 354 g/mol. The highest BCUT2D eigenvalue weighted by molar-refractivity contribution is 7.85. The lowest BCUT2D eigenvalue weighted by Gasteiger charge is -2.10. The fraction of sp³-hybridized carbons (Fsp3) is 0.111. The Bertz CT molecular complexity index is 1000. The maximum absolute atomic E-state index is 12.3. The number of hydrogen-bond donors (Lipinski definition) is 3. The van der Waals surface area contributed by atoms with E-state index in [1.54, 1.807) is 6.07 Å². The summed E-state index contributed by atoms with van der Waals surface area (Å²) in [6.45, 7) is 3.79. The lowest BCUT2D eigenvalue weighted by Crippen LogP contribution is -2.15. The summed E-state index contributed by atoms with van der Waals surface area (Å²) in [6, 6.07) is 12.5. The smallest absolute Gasteiger partial charge is 0.294 e. The number of nitrogens with one attached hydrogen (secondary N) is 2. The van der Waals surface area contributed by atoms with Crippen LogP contribution >= 0.6 is 0 Å². The van der Waals surface area contributed by atoms with Gasteiger partial charge in [0.1, 0.15) is 11.6 Å². The molecule has 0 aliphatic heterocycles. The van der Waals surface area contributed by atoms with E-state index >= 15 is 0 Å². The lowest BCUT2D eigenvalue weighted by atomic mass is 10.1. The number of carbonyl (C=O) groups excluding carboxylic acids is 1. The zero-order valence-corrected chi connectivity index (χ0v) is 15.0. The quantitative estimate of drug-likeness (QED) is 0.422. The molecule has 0 radical (unpaired) electrons. The van der Waals surface area contributed by atoms with Crippen molar-refractivity contribution in [3.8, 4) is 6.07 Å². The summed E-state index contributed by atoms with van der Waals surface area (Å²) in [7, 11) is -4.27. The van der Waals surface area contributed by atoms with Gasteiger partial charge in [-0.1, -0.05) is 12.1 Å². The molecule has 3 N–H and O–H groups in total. The molecule has 0 spiro atoms. The first-order valence-electron chi connectivity index (χ1n) is 7.54. The van der Waals surface area contributed by atoms with E-state index < -0.39 is 16.0 Å². The molecule has 2 rings (SSSR count). The summed E-state index contributed by atoms with van der Waals surface area (Å²) < 4.78 is 30.9. The van der Waals surface area contributed by atoms with Crippen LogP contribution in [0.3, 0.4) is 0 Å². The van der Waals surface area contributed by atoms with Crippen molar-refractivity contribution in [3.63, 3.8) is 0 Å². The van der Waals surface area contributed by atoms with Gasteiger partial charge in [-0.2, -0.15) is 13.7 Å². The normalized spacial score (nSPS) is 11.5. The first kappa shape index (κ1) is 19.2. The number of amides is 1. The van der Waals surface area contributed by atoms with E-state index in [0.717, 1.165) is 11.1 Å². The number of nitriles is 1. The molecule has 0 unspecified atom stereocenters. The number of nitrogens with zero attached hydrogens (tertiary/aromatic N) is 1. The highest BCUT2D eigenvalue weighted by atomic mass is 32.2. The van der Waals surface area contributed by atoms with E-state index in [9.17, 15) is 18.5 Å². The molecule has 26 heavy (non-hydrogen) atoms. The van der Waals surface area contributed by atoms with Gasteiger partial charge in [-0.05, 0) is 55.3 Å². The van der Waals surface area contributed by atoms with Gasteiger partial charge < -0.3 is 10.6 Å². The third-order valence-corrected chi connectivity index (χ3v) is 4.62. The maximum atomic E-state index is 12.3. The maximum Gasteiger partial charge on any atom is 0.294 e. The Kier molecular flexibility index (Phi) is 5.77. The van der Waals surface area contributed by atoms with E-state index in [2.05, 4.69) is 10.6 Å². The van der Waals surface area contributed by atoms with Crippen molar-refractivity contribution < 1.29 is 17.8 Å². The highest BCUT2D eigenvalue weighted by Gasteiger charge is 2.12. The predicted molar refractivity (Wildman–Crippen MR) is 98.1 cm³/mol. The molecule has 1 amide bonds. The van der Waals surface area contributed by atoms with Gasteiger partial charge in [-0.15, -0.1) is 0 Å². The van der Waals surface area contributed by atoms with E-state index in [4.69, 9.17) is 4.55 Å². The number of hydrogen-bond acceptors (Lipinski definition) is 5. The monoisotopic (exact) mass is 371 g/mol. The molecule has 7 nitrogen and oxygen atoms in total. The standard InChI is InChI=1S/C18H17N3O4S/c1-12-4-3-5-17(13(12)2)21-18(22)14(10-19)11-20-15-6-8-16(9-7-15)26(23,24)25/h3-9,11,20H,1-2H3,(H,21,22)(H,23,24,25)/b14-11-. The van der Waals surface area contributed by atoms with Gasteiger partial charge in [0.2, 0.25) is 0 Å². The second-order valence-electron chi connectivity index (χ2n) is 5.52. The minimum atomic E-state index is -4.27. The van der Waals surface area contributed by atoms with Gasteiger partial charge in [0.15, 0.2) is 0 Å². The molecule has 134 valence electrons. The van der Waals surface area contributed by atoms with Crippen LogP contribution < -0.4 is 10.6 Å². The van der Waals surface area contributed by atoms with Crippen molar-refractivity contribution >= 4 is 27.4 Å². The van der Waals surface area contributed by atoms with E-state index in [-0.39, 0.29) is 10.5 Å². The van der Waals surface area contributed by atoms with Crippen LogP contribution in [-0.2, 0) is 14.9 Å². The summed E-state index contributed by atoms with van der Waals surface area (Å²) in [6.07, 6.45) is 1.23. The first-order valence-corrected chi connectivity index (χ1v) is 8.98. The van der Waals surface area contributed by atoms with Crippen LogP contribution in [0.15, 0.2) is 59.1 Å². The van der Waals surface area contributed by atoms with Gasteiger partial charge in [0.05, 0.1) is 4.90 Å². The highest BCUT2D eigenvalue weighted by Crippen LogP contribution is 2.19. The summed E-state index contributed by atoms with van der Waals surface area (Å²) in [5.74, 6) is -0.566. The van der Waals surface area contributed by atoms with E-state index in [1.165, 1.54) is 30.5 Å². The molecule has 0 saturated heterocycles. The molecule has 0 bridgehead atoms. The molecule has 0 aromatic heterocycles. The van der Waals surface area contributed by atoms with Gasteiger partial charge in [-0.25, -0.2) is 0 Å². The zero-order chi connectivity index (χ0) is 19.3. The topological polar surface area (TPSA) is 119 Å². The molecule has 0 heterocycles. The molecule has 0 saturated carbocycles. The summed E-state index contributed by atoms with van der Waals surface area (Å²) in [4.78, 5) is 12.0. The van der Waals surface area contributed by atoms with Gasteiger partial charge in [0.25, 0.3) is 16.0 Å². The molecule has 0 aliphatic carbocycles. The number of benzene rings is 2. The van der Waals surface area contributed by atoms with Crippen molar-refractivity contribution in [2.75, 3.05) is 10.6 Å². The van der Waals surface area contributed by atoms with Crippen LogP contribution in [0.5, 0.6) is 0 Å². The Labute approximate surface area is 151 Å². The Hall–Kier alpha value is -3.15. The minimum absolute atomic E-state index is 0.148. The van der Waals surface area contributed by atoms with E-state index in [1.807, 2.05) is 32.0 Å². The summed E-state index contributed by atoms with van der Waals surface area (Å²) >= 11 is 0. The van der Waals surface area contributed by atoms with Crippen LogP contribution in [0.25, 0.3) is 0 Å². The second-order valence-corrected chi connectivity index (χ2v) is 6.94. The Morgan fingerprint density at radius 2 is 1.81 bits per heavy atom. The molecular formula is C18H17N3O4S. The Morgan fingerprint density at radius 1 is 1.15 bits per heavy atom. The third-order valence-electron chi connectivity index (χ3n) is 3.75. The lowest BCUT2D eigenvalue weighted by molar-refractivity contribution is -0.112. The number of carbonyl (C=O) groups is 1.